The van der Waals surface area contributed by atoms with Crippen molar-refractivity contribution in [3.63, 3.8) is 0 Å². The molecule has 13 aromatic rings. The average molecular weight is 1340 g/mol. The van der Waals surface area contributed by atoms with Gasteiger partial charge in [-0.3, -0.25) is 0 Å². The van der Waals surface area contributed by atoms with E-state index in [1.807, 2.05) is 54.7 Å². The maximum Gasteiger partial charge on any atom is 0.0462 e. The SMILES string of the molecule is CCC(CC(C)c1ccc(N(c2ccccc2)c2ccc(-c3ccc(N(c4ccccc4)c4ccccc4)cc3)cc2)cc1)c1ccc(-c2ccc3c(c2)C2(Cc4c[c-]c(-c5ccccn5)cc4C2)c2ccccc2-3)cc1.[Ir].[c-]1ccccc1-c1ccccn1. The van der Waals surface area contributed by atoms with Gasteiger partial charge in [-0.25, -0.2) is 0 Å². The van der Waals surface area contributed by atoms with Crippen LogP contribution in [0.3, 0.4) is 0 Å². The second-order valence-electron chi connectivity index (χ2n) is 23.6. The van der Waals surface area contributed by atoms with Crippen LogP contribution in [-0.2, 0) is 38.4 Å². The van der Waals surface area contributed by atoms with Gasteiger partial charge in [0.1, 0.15) is 0 Å². The molecule has 439 valence electrons. The van der Waals surface area contributed by atoms with Gasteiger partial charge < -0.3 is 19.8 Å². The van der Waals surface area contributed by atoms with E-state index >= 15 is 0 Å². The van der Waals surface area contributed by atoms with Crippen molar-refractivity contribution in [2.24, 2.45) is 0 Å². The van der Waals surface area contributed by atoms with Crippen molar-refractivity contribution in [2.75, 3.05) is 9.80 Å². The van der Waals surface area contributed by atoms with Crippen molar-refractivity contribution in [2.45, 2.75) is 56.8 Å². The average Bonchev–Trinajstić information content (AvgIpc) is 1.55. The molecule has 2 aliphatic rings. The zero-order valence-electron chi connectivity index (χ0n) is 50.6. The molecule has 2 heterocycles. The summed E-state index contributed by atoms with van der Waals surface area (Å²) in [7, 11) is 0. The monoisotopic (exact) mass is 1340 g/mol. The van der Waals surface area contributed by atoms with Gasteiger partial charge in [-0.05, 0) is 196 Å². The standard InChI is InChI=1S/C74H60N3.C11H8N.Ir/c1-3-53(55-26-28-58(29-27-55)59-38-45-70-69-23-13-14-24-71(69)74(72(70)49-59)50-61-31-30-60(48-62(61)51-74)73-25-15-16-46-75-73)47-52(2)54-32-39-66(40-33-54)77(65-21-11-6-12-22-65)68-43-36-57(37-44-68)56-34-41-67(42-35-56)76(63-17-7-4-8-18-63)64-19-9-5-10-20-64;1-2-6-10(7-3-1)11-8-4-5-9-12-11;/h4-29,31-46,48-49,52-53H,3,47,50-51H2,1-2H3;1-6,8-9H;/q2*-1;. The fourth-order valence-electron chi connectivity index (χ4n) is 13.6. The van der Waals surface area contributed by atoms with E-state index in [2.05, 4.69) is 301 Å². The van der Waals surface area contributed by atoms with E-state index in [0.717, 1.165) is 82.3 Å². The molecule has 15 rings (SSSR count). The van der Waals surface area contributed by atoms with Crippen LogP contribution in [0.15, 0.2) is 316 Å². The summed E-state index contributed by atoms with van der Waals surface area (Å²) in [6, 6.07) is 116. The minimum absolute atomic E-state index is 0. The van der Waals surface area contributed by atoms with E-state index in [4.69, 9.17) is 0 Å². The first kappa shape index (κ1) is 59.0. The van der Waals surface area contributed by atoms with E-state index in [0.29, 0.717) is 11.8 Å². The summed E-state index contributed by atoms with van der Waals surface area (Å²) in [6.07, 6.45) is 7.78. The Balaban J connectivity index is 0.000000511. The molecule has 0 fully saturated rings. The molecule has 0 aliphatic heterocycles. The maximum atomic E-state index is 4.64. The number of para-hydroxylation sites is 3. The summed E-state index contributed by atoms with van der Waals surface area (Å²) < 4.78 is 0. The third-order valence-corrected chi connectivity index (χ3v) is 18.2. The number of hydrogen-bond donors (Lipinski definition) is 0. The van der Waals surface area contributed by atoms with Crippen LogP contribution in [0.1, 0.15) is 71.9 Å². The van der Waals surface area contributed by atoms with Crippen LogP contribution in [-0.4, -0.2) is 9.97 Å². The number of pyridine rings is 2. The van der Waals surface area contributed by atoms with Gasteiger partial charge in [0.05, 0.1) is 0 Å². The predicted molar refractivity (Wildman–Crippen MR) is 370 cm³/mol. The molecule has 2 aromatic heterocycles. The first-order valence-electron chi connectivity index (χ1n) is 31.2. The fourth-order valence-corrected chi connectivity index (χ4v) is 13.6. The van der Waals surface area contributed by atoms with Gasteiger partial charge in [0.25, 0.3) is 0 Å². The van der Waals surface area contributed by atoms with Crippen LogP contribution >= 0.6 is 0 Å². The van der Waals surface area contributed by atoms with Crippen molar-refractivity contribution >= 4 is 34.1 Å². The Morgan fingerprint density at radius 1 is 0.400 bits per heavy atom. The smallest absolute Gasteiger partial charge is 0.0462 e. The second kappa shape index (κ2) is 26.7. The van der Waals surface area contributed by atoms with Crippen LogP contribution in [0.2, 0.25) is 0 Å². The number of nitrogens with zero attached hydrogens (tertiary/aromatic N) is 4. The normalized spacial score (nSPS) is 14.0. The van der Waals surface area contributed by atoms with Crippen molar-refractivity contribution in [3.8, 4) is 55.9 Å². The van der Waals surface area contributed by atoms with Crippen molar-refractivity contribution in [1.82, 2.24) is 9.97 Å². The van der Waals surface area contributed by atoms with Gasteiger partial charge in [0.2, 0.25) is 0 Å². The molecule has 1 spiro atoms. The molecule has 1 radical (unpaired) electrons. The van der Waals surface area contributed by atoms with Gasteiger partial charge in [0, 0.05) is 72.0 Å². The zero-order valence-corrected chi connectivity index (χ0v) is 53.0. The maximum absolute atomic E-state index is 4.64. The number of fused-ring (bicyclic) bond motifs is 6. The Hall–Kier alpha value is -10.0. The number of anilines is 6. The zero-order chi connectivity index (χ0) is 59.9. The van der Waals surface area contributed by atoms with Crippen molar-refractivity contribution in [3.05, 3.63) is 361 Å². The van der Waals surface area contributed by atoms with E-state index in [1.165, 1.54) is 66.8 Å². The number of rotatable bonds is 15. The number of benzene rings is 11. The predicted octanol–water partition coefficient (Wildman–Crippen LogP) is 22.1. The molecular formula is C85H68IrN4-2. The second-order valence-corrected chi connectivity index (χ2v) is 23.6. The molecular weight excluding hydrogens is 1270 g/mol. The van der Waals surface area contributed by atoms with Gasteiger partial charge in [-0.2, -0.15) is 0 Å². The van der Waals surface area contributed by atoms with E-state index < -0.39 is 0 Å². The third kappa shape index (κ3) is 12.2. The quantitative estimate of drug-likeness (QED) is 0.0958. The van der Waals surface area contributed by atoms with Gasteiger partial charge >= 0.3 is 0 Å². The Morgan fingerprint density at radius 3 is 1.40 bits per heavy atom. The third-order valence-electron chi connectivity index (χ3n) is 18.2. The molecule has 4 nitrogen and oxygen atoms in total. The topological polar surface area (TPSA) is 32.3 Å². The van der Waals surface area contributed by atoms with Gasteiger partial charge in [0.15, 0.2) is 0 Å². The van der Waals surface area contributed by atoms with Crippen LogP contribution < -0.4 is 9.80 Å². The van der Waals surface area contributed by atoms with E-state index in [9.17, 15) is 0 Å². The molecule has 0 saturated carbocycles. The first-order valence-corrected chi connectivity index (χ1v) is 31.2. The fraction of sp³-hybridized carbons (Fsp3) is 0.106. The summed E-state index contributed by atoms with van der Waals surface area (Å²) in [5, 5.41) is 0. The summed E-state index contributed by atoms with van der Waals surface area (Å²) >= 11 is 0. The summed E-state index contributed by atoms with van der Waals surface area (Å²) in [4.78, 5) is 13.5. The molecule has 3 unspecified atom stereocenters. The number of hydrogen-bond acceptors (Lipinski definition) is 4. The molecule has 11 aromatic carbocycles. The molecule has 0 N–H and O–H groups in total. The Morgan fingerprint density at radius 2 is 0.856 bits per heavy atom. The van der Waals surface area contributed by atoms with Crippen molar-refractivity contribution < 1.29 is 20.1 Å². The molecule has 3 atom stereocenters. The van der Waals surface area contributed by atoms with Gasteiger partial charge in [-0.1, -0.05) is 190 Å². The van der Waals surface area contributed by atoms with Crippen LogP contribution in [0.4, 0.5) is 34.1 Å². The van der Waals surface area contributed by atoms with Crippen LogP contribution in [0.25, 0.3) is 55.9 Å². The molecule has 5 heteroatoms. The summed E-state index contributed by atoms with van der Waals surface area (Å²) in [5.74, 6) is 0.836. The summed E-state index contributed by atoms with van der Waals surface area (Å²) in [6.45, 7) is 4.73. The first-order chi connectivity index (χ1) is 44.0. The Labute approximate surface area is 544 Å². The molecule has 0 bridgehead atoms. The van der Waals surface area contributed by atoms with E-state index in [1.54, 1.807) is 6.20 Å². The van der Waals surface area contributed by atoms with Crippen molar-refractivity contribution in [1.29, 1.82) is 0 Å². The minimum atomic E-state index is -0.0985. The Bertz CT molecular complexity index is 4390. The molecule has 2 aliphatic carbocycles. The Kier molecular flexibility index (Phi) is 17.5. The molecule has 0 amide bonds. The molecule has 90 heavy (non-hydrogen) atoms. The van der Waals surface area contributed by atoms with E-state index in [-0.39, 0.29) is 25.5 Å². The van der Waals surface area contributed by atoms with Gasteiger partial charge in [-0.15, -0.1) is 70.8 Å². The number of aromatic nitrogens is 2. The van der Waals surface area contributed by atoms with Crippen LogP contribution in [0.5, 0.6) is 0 Å². The summed E-state index contributed by atoms with van der Waals surface area (Å²) in [5.41, 5.74) is 26.8. The minimum Gasteiger partial charge on any atom is -0.311 e. The molecule has 0 saturated heterocycles. The van der Waals surface area contributed by atoms with Crippen LogP contribution in [0, 0.1) is 12.1 Å². The largest absolute Gasteiger partial charge is 0.311 e.